The summed E-state index contributed by atoms with van der Waals surface area (Å²) in [4.78, 5) is 12.3. The molecular formula is C14H22N4O2. The molecule has 1 saturated heterocycles. The number of carbonyl (C=O) groups excluding carboxylic acids is 1. The topological polar surface area (TPSA) is 82.2 Å². The monoisotopic (exact) mass is 278 g/mol. The molecule has 1 aromatic rings. The van der Waals surface area contributed by atoms with Crippen LogP contribution >= 0.6 is 0 Å². The average molecular weight is 278 g/mol. The smallest absolute Gasteiger partial charge is 0.269 e. The van der Waals surface area contributed by atoms with E-state index in [0.717, 1.165) is 31.6 Å². The number of aryl methyl sites for hydroxylation is 2. The molecule has 6 heteroatoms. The minimum atomic E-state index is -0.118. The zero-order chi connectivity index (χ0) is 14.3. The molecule has 1 saturated carbocycles. The van der Waals surface area contributed by atoms with E-state index in [2.05, 4.69) is 10.4 Å². The number of ether oxygens (including phenoxy) is 1. The fourth-order valence-corrected chi connectivity index (χ4v) is 3.26. The van der Waals surface area contributed by atoms with Crippen LogP contribution in [0.5, 0.6) is 0 Å². The first-order chi connectivity index (χ1) is 9.61. The highest BCUT2D eigenvalue weighted by atomic mass is 16.5. The number of nitrogens with two attached hydrogens (primary N) is 1. The Bertz CT molecular complexity index is 513. The molecule has 2 heterocycles. The van der Waals surface area contributed by atoms with Gasteiger partial charge in [-0.1, -0.05) is 6.92 Å². The number of nitrogens with zero attached hydrogens (tertiary/aromatic N) is 2. The predicted molar refractivity (Wildman–Crippen MR) is 74.3 cm³/mol. The molecule has 2 fully saturated rings. The van der Waals surface area contributed by atoms with Crippen molar-refractivity contribution in [2.24, 2.45) is 18.7 Å². The van der Waals surface area contributed by atoms with Crippen LogP contribution in [0.2, 0.25) is 0 Å². The first-order valence-corrected chi connectivity index (χ1v) is 7.32. The number of hydrogen-bond acceptors (Lipinski definition) is 4. The SMILES string of the molecule is CCc1cc(C(=O)NC2C(N)C3CCCOC32)n(C)n1. The van der Waals surface area contributed by atoms with Crippen LogP contribution in [-0.4, -0.2) is 40.5 Å². The molecule has 0 aromatic carbocycles. The van der Waals surface area contributed by atoms with Crippen molar-refractivity contribution >= 4 is 5.91 Å². The second-order valence-electron chi connectivity index (χ2n) is 5.72. The van der Waals surface area contributed by atoms with E-state index in [1.54, 1.807) is 11.7 Å². The number of fused-ring (bicyclic) bond motifs is 1. The summed E-state index contributed by atoms with van der Waals surface area (Å²) >= 11 is 0. The molecule has 3 rings (SSSR count). The lowest BCUT2D eigenvalue weighted by molar-refractivity contribution is -0.117. The van der Waals surface area contributed by atoms with Gasteiger partial charge in [0.1, 0.15) is 5.69 Å². The Morgan fingerprint density at radius 2 is 2.45 bits per heavy atom. The summed E-state index contributed by atoms with van der Waals surface area (Å²) in [6, 6.07) is 1.76. The Balaban J connectivity index is 1.68. The molecule has 0 spiro atoms. The van der Waals surface area contributed by atoms with Crippen LogP contribution < -0.4 is 11.1 Å². The van der Waals surface area contributed by atoms with Crippen LogP contribution in [0.1, 0.15) is 35.9 Å². The quantitative estimate of drug-likeness (QED) is 0.828. The normalized spacial score (nSPS) is 32.4. The predicted octanol–water partition coefficient (Wildman–Crippen LogP) is 0.217. The van der Waals surface area contributed by atoms with Crippen LogP contribution in [0.15, 0.2) is 6.07 Å². The highest BCUT2D eigenvalue weighted by Crippen LogP contribution is 2.37. The number of carbonyl (C=O) groups is 1. The van der Waals surface area contributed by atoms with Crippen LogP contribution in [0, 0.1) is 5.92 Å². The zero-order valence-corrected chi connectivity index (χ0v) is 12.0. The third kappa shape index (κ3) is 2.13. The summed E-state index contributed by atoms with van der Waals surface area (Å²) < 4.78 is 7.36. The van der Waals surface area contributed by atoms with Crippen LogP contribution in [0.25, 0.3) is 0 Å². The van der Waals surface area contributed by atoms with Gasteiger partial charge in [-0.05, 0) is 25.3 Å². The van der Waals surface area contributed by atoms with Crippen LogP contribution in [-0.2, 0) is 18.2 Å². The van der Waals surface area contributed by atoms with Gasteiger partial charge < -0.3 is 15.8 Å². The van der Waals surface area contributed by atoms with Gasteiger partial charge in [0.05, 0.1) is 17.8 Å². The van der Waals surface area contributed by atoms with Gasteiger partial charge in [0.25, 0.3) is 5.91 Å². The first-order valence-electron chi connectivity index (χ1n) is 7.32. The Labute approximate surface area is 118 Å². The number of amides is 1. The van der Waals surface area contributed by atoms with Crippen molar-refractivity contribution in [3.8, 4) is 0 Å². The van der Waals surface area contributed by atoms with Crippen molar-refractivity contribution in [3.63, 3.8) is 0 Å². The summed E-state index contributed by atoms with van der Waals surface area (Å²) in [5, 5.41) is 7.31. The zero-order valence-electron chi connectivity index (χ0n) is 12.0. The van der Waals surface area contributed by atoms with Gasteiger partial charge in [-0.2, -0.15) is 5.10 Å². The third-order valence-corrected chi connectivity index (χ3v) is 4.50. The van der Waals surface area contributed by atoms with E-state index in [4.69, 9.17) is 10.5 Å². The molecule has 4 atom stereocenters. The summed E-state index contributed by atoms with van der Waals surface area (Å²) in [6.45, 7) is 2.79. The highest BCUT2D eigenvalue weighted by Gasteiger charge is 2.51. The lowest BCUT2D eigenvalue weighted by atomic mass is 9.68. The molecule has 2 aliphatic rings. The fourth-order valence-electron chi connectivity index (χ4n) is 3.26. The van der Waals surface area contributed by atoms with Gasteiger partial charge in [0.15, 0.2) is 0 Å². The molecule has 1 amide bonds. The highest BCUT2D eigenvalue weighted by molar-refractivity contribution is 5.93. The number of nitrogens with one attached hydrogen (secondary N) is 1. The Morgan fingerprint density at radius 1 is 1.65 bits per heavy atom. The van der Waals surface area contributed by atoms with E-state index in [-0.39, 0.29) is 24.1 Å². The van der Waals surface area contributed by atoms with E-state index in [1.165, 1.54) is 0 Å². The van der Waals surface area contributed by atoms with Crippen LogP contribution in [0.4, 0.5) is 0 Å². The van der Waals surface area contributed by atoms with E-state index >= 15 is 0 Å². The maximum absolute atomic E-state index is 12.3. The lowest BCUT2D eigenvalue weighted by Gasteiger charge is -2.52. The van der Waals surface area contributed by atoms with E-state index in [9.17, 15) is 4.79 Å². The largest absolute Gasteiger partial charge is 0.376 e. The van der Waals surface area contributed by atoms with Gasteiger partial charge in [-0.3, -0.25) is 9.48 Å². The van der Waals surface area contributed by atoms with Gasteiger partial charge in [0.2, 0.25) is 0 Å². The van der Waals surface area contributed by atoms with Gasteiger partial charge in [-0.25, -0.2) is 0 Å². The maximum atomic E-state index is 12.3. The van der Waals surface area contributed by atoms with E-state index in [0.29, 0.717) is 11.6 Å². The second-order valence-corrected chi connectivity index (χ2v) is 5.72. The Morgan fingerprint density at radius 3 is 3.15 bits per heavy atom. The Hall–Kier alpha value is -1.40. The van der Waals surface area contributed by atoms with E-state index < -0.39 is 0 Å². The van der Waals surface area contributed by atoms with Gasteiger partial charge >= 0.3 is 0 Å². The van der Waals surface area contributed by atoms with Crippen molar-refractivity contribution in [2.75, 3.05) is 6.61 Å². The molecule has 110 valence electrons. The summed E-state index contributed by atoms with van der Waals surface area (Å²) in [5.41, 5.74) is 7.65. The molecule has 1 aliphatic heterocycles. The van der Waals surface area contributed by atoms with Crippen LogP contribution in [0.3, 0.4) is 0 Å². The molecule has 0 bridgehead atoms. The molecule has 20 heavy (non-hydrogen) atoms. The minimum absolute atomic E-state index is 0.00289. The van der Waals surface area contributed by atoms with Gasteiger partial charge in [0, 0.05) is 25.6 Å². The van der Waals surface area contributed by atoms with Crippen molar-refractivity contribution in [2.45, 2.75) is 44.4 Å². The lowest BCUT2D eigenvalue weighted by Crippen LogP contribution is -2.72. The van der Waals surface area contributed by atoms with Crippen molar-refractivity contribution < 1.29 is 9.53 Å². The maximum Gasteiger partial charge on any atom is 0.269 e. The van der Waals surface area contributed by atoms with Crippen molar-refractivity contribution in [3.05, 3.63) is 17.5 Å². The standard InChI is InChI=1S/C14H22N4O2/c1-3-8-7-10(18(2)17-8)14(19)16-12-11(15)9-5-4-6-20-13(9)12/h7,9,11-13H,3-6,15H2,1-2H3,(H,16,19). The minimum Gasteiger partial charge on any atom is -0.376 e. The molecule has 1 aliphatic carbocycles. The first kappa shape index (κ1) is 13.6. The summed E-state index contributed by atoms with van der Waals surface area (Å²) in [6.07, 6.45) is 3.07. The number of hydrogen-bond donors (Lipinski definition) is 2. The third-order valence-electron chi connectivity index (χ3n) is 4.50. The second kappa shape index (κ2) is 5.18. The fraction of sp³-hybridized carbons (Fsp3) is 0.714. The molecule has 4 unspecified atom stereocenters. The average Bonchev–Trinajstić information content (AvgIpc) is 2.85. The molecule has 1 aromatic heterocycles. The summed E-state index contributed by atoms with van der Waals surface area (Å²) in [5.74, 6) is 0.277. The molecule has 6 nitrogen and oxygen atoms in total. The van der Waals surface area contributed by atoms with Gasteiger partial charge in [-0.15, -0.1) is 0 Å². The molecular weight excluding hydrogens is 256 g/mol. The van der Waals surface area contributed by atoms with Crippen molar-refractivity contribution in [1.82, 2.24) is 15.1 Å². The molecule has 3 N–H and O–H groups in total. The molecule has 0 radical (unpaired) electrons. The summed E-state index contributed by atoms with van der Waals surface area (Å²) in [7, 11) is 1.79. The Kier molecular flexibility index (Phi) is 3.52. The number of aromatic nitrogens is 2. The van der Waals surface area contributed by atoms with Crippen molar-refractivity contribution in [1.29, 1.82) is 0 Å². The van der Waals surface area contributed by atoms with E-state index in [1.807, 2.05) is 13.0 Å². The number of rotatable bonds is 3.